The molecule has 0 aliphatic carbocycles. The lowest BCUT2D eigenvalue weighted by Crippen LogP contribution is -2.04. The number of hydrogen-bond acceptors (Lipinski definition) is 3. The van der Waals surface area contributed by atoms with E-state index in [1.165, 1.54) is 0 Å². The van der Waals surface area contributed by atoms with Gasteiger partial charge in [-0.2, -0.15) is 4.21 Å². The predicted molar refractivity (Wildman–Crippen MR) is 51.6 cm³/mol. The molecule has 3 nitrogen and oxygen atoms in total. The van der Waals surface area contributed by atoms with E-state index in [0.717, 1.165) is 5.56 Å². The minimum Gasteiger partial charge on any atom is -0.380 e. The average molecular weight is 200 g/mol. The topological polar surface area (TPSA) is 35.5 Å². The molecule has 72 valence electrons. The quantitative estimate of drug-likeness (QED) is 0.745. The number of benzene rings is 1. The molecule has 0 N–H and O–H groups in total. The molecule has 0 bridgehead atoms. The first-order valence-corrected chi connectivity index (χ1v) is 5.02. The van der Waals surface area contributed by atoms with Crippen molar-refractivity contribution in [2.45, 2.75) is 13.8 Å². The van der Waals surface area contributed by atoms with Crippen LogP contribution in [0.25, 0.3) is 0 Å². The van der Waals surface area contributed by atoms with E-state index in [9.17, 15) is 4.21 Å². The molecule has 1 atom stereocenters. The standard InChI is InChI=1S/C9H12O3S/c1-3-11-13(10)12-9-6-4-8(2)5-7-9/h4-7H,3H2,1-2H3. The van der Waals surface area contributed by atoms with Crippen LogP contribution in [-0.2, 0) is 15.5 Å². The van der Waals surface area contributed by atoms with E-state index in [1.807, 2.05) is 19.1 Å². The summed E-state index contributed by atoms with van der Waals surface area (Å²) in [5.41, 5.74) is 1.13. The van der Waals surface area contributed by atoms with Crippen LogP contribution in [0.3, 0.4) is 0 Å². The van der Waals surface area contributed by atoms with Crippen molar-refractivity contribution < 1.29 is 12.6 Å². The number of aryl methyl sites for hydroxylation is 1. The fourth-order valence-electron chi connectivity index (χ4n) is 0.793. The molecule has 0 amide bonds. The highest BCUT2D eigenvalue weighted by Gasteiger charge is 2.00. The molecular weight excluding hydrogens is 188 g/mol. The van der Waals surface area contributed by atoms with Gasteiger partial charge in [0.1, 0.15) is 5.75 Å². The fraction of sp³-hybridized carbons (Fsp3) is 0.333. The monoisotopic (exact) mass is 200 g/mol. The zero-order valence-corrected chi connectivity index (χ0v) is 8.47. The zero-order valence-electron chi connectivity index (χ0n) is 7.65. The molecule has 0 aliphatic rings. The van der Waals surface area contributed by atoms with Crippen LogP contribution in [0.15, 0.2) is 24.3 Å². The molecule has 0 heterocycles. The molecule has 0 spiro atoms. The van der Waals surface area contributed by atoms with Gasteiger partial charge in [-0.05, 0) is 26.0 Å². The van der Waals surface area contributed by atoms with Gasteiger partial charge in [0.25, 0.3) is 0 Å². The van der Waals surface area contributed by atoms with Crippen molar-refractivity contribution in [3.8, 4) is 5.75 Å². The lowest BCUT2D eigenvalue weighted by molar-refractivity contribution is 0.329. The van der Waals surface area contributed by atoms with Crippen LogP contribution >= 0.6 is 0 Å². The molecular formula is C9H12O3S. The van der Waals surface area contributed by atoms with E-state index in [4.69, 9.17) is 8.37 Å². The summed E-state index contributed by atoms with van der Waals surface area (Å²) in [4.78, 5) is 0. The van der Waals surface area contributed by atoms with Gasteiger partial charge in [0.15, 0.2) is 0 Å². The normalized spacial score (nSPS) is 12.5. The molecule has 13 heavy (non-hydrogen) atoms. The van der Waals surface area contributed by atoms with Crippen molar-refractivity contribution in [1.82, 2.24) is 0 Å². The van der Waals surface area contributed by atoms with Gasteiger partial charge in [-0.15, -0.1) is 0 Å². The second kappa shape index (κ2) is 4.99. The van der Waals surface area contributed by atoms with Gasteiger partial charge in [0.2, 0.25) is 0 Å². The first kappa shape index (κ1) is 10.2. The Labute approximate surface area is 80.5 Å². The summed E-state index contributed by atoms with van der Waals surface area (Å²) >= 11 is -1.68. The van der Waals surface area contributed by atoms with Crippen LogP contribution in [0.1, 0.15) is 12.5 Å². The second-order valence-electron chi connectivity index (χ2n) is 2.51. The molecule has 1 unspecified atom stereocenters. The largest absolute Gasteiger partial charge is 0.380 e. The van der Waals surface area contributed by atoms with Crippen molar-refractivity contribution >= 4 is 11.4 Å². The average Bonchev–Trinajstić information content (AvgIpc) is 2.09. The van der Waals surface area contributed by atoms with E-state index in [-0.39, 0.29) is 0 Å². The van der Waals surface area contributed by atoms with Crippen LogP contribution in [0.5, 0.6) is 5.75 Å². The van der Waals surface area contributed by atoms with E-state index < -0.39 is 11.4 Å². The van der Waals surface area contributed by atoms with Crippen LogP contribution < -0.4 is 4.18 Å². The third-order valence-electron chi connectivity index (χ3n) is 1.40. The van der Waals surface area contributed by atoms with Gasteiger partial charge in [-0.3, -0.25) is 4.18 Å². The van der Waals surface area contributed by atoms with Crippen molar-refractivity contribution in [2.24, 2.45) is 0 Å². The molecule has 1 rings (SSSR count). The second-order valence-corrected chi connectivity index (χ2v) is 3.32. The van der Waals surface area contributed by atoms with Gasteiger partial charge in [-0.25, -0.2) is 0 Å². The first-order chi connectivity index (χ1) is 6.22. The van der Waals surface area contributed by atoms with Crippen molar-refractivity contribution in [3.05, 3.63) is 29.8 Å². The highest BCUT2D eigenvalue weighted by Crippen LogP contribution is 2.12. The van der Waals surface area contributed by atoms with Crippen LogP contribution in [0.2, 0.25) is 0 Å². The maximum atomic E-state index is 11.0. The SMILES string of the molecule is CCOS(=O)Oc1ccc(C)cc1. The molecule has 0 aliphatic heterocycles. The van der Waals surface area contributed by atoms with Gasteiger partial charge in [0.05, 0.1) is 6.61 Å². The van der Waals surface area contributed by atoms with E-state index in [0.29, 0.717) is 12.4 Å². The smallest absolute Gasteiger partial charge is 0.360 e. The van der Waals surface area contributed by atoms with Gasteiger partial charge in [-0.1, -0.05) is 17.7 Å². The Bertz CT molecular complexity index is 281. The van der Waals surface area contributed by atoms with Crippen molar-refractivity contribution in [1.29, 1.82) is 0 Å². The van der Waals surface area contributed by atoms with E-state index in [1.54, 1.807) is 19.1 Å². The molecule has 4 heteroatoms. The summed E-state index contributed by atoms with van der Waals surface area (Å²) in [6.07, 6.45) is 0. The summed E-state index contributed by atoms with van der Waals surface area (Å²) in [5.74, 6) is 0.553. The summed E-state index contributed by atoms with van der Waals surface area (Å²) < 4.78 is 20.6. The molecule has 0 radical (unpaired) electrons. The Morgan fingerprint density at radius 3 is 2.46 bits per heavy atom. The molecule has 0 saturated heterocycles. The Morgan fingerprint density at radius 1 is 1.31 bits per heavy atom. The summed E-state index contributed by atoms with van der Waals surface area (Å²) in [7, 11) is 0. The third kappa shape index (κ3) is 3.57. The lowest BCUT2D eigenvalue weighted by atomic mass is 10.2. The molecule has 0 fully saturated rings. The first-order valence-electron chi connectivity index (χ1n) is 4.02. The van der Waals surface area contributed by atoms with Crippen LogP contribution in [0, 0.1) is 6.92 Å². The molecule has 1 aromatic carbocycles. The highest BCUT2D eigenvalue weighted by atomic mass is 32.2. The van der Waals surface area contributed by atoms with Crippen LogP contribution in [-0.4, -0.2) is 10.8 Å². The highest BCUT2D eigenvalue weighted by molar-refractivity contribution is 7.75. The van der Waals surface area contributed by atoms with Crippen molar-refractivity contribution in [2.75, 3.05) is 6.61 Å². The summed E-state index contributed by atoms with van der Waals surface area (Å²) in [6.45, 7) is 4.11. The Hall–Kier alpha value is -0.870. The van der Waals surface area contributed by atoms with Crippen LogP contribution in [0.4, 0.5) is 0 Å². The van der Waals surface area contributed by atoms with E-state index >= 15 is 0 Å². The minimum absolute atomic E-state index is 0.373. The molecule has 0 aromatic heterocycles. The van der Waals surface area contributed by atoms with Gasteiger partial charge < -0.3 is 4.18 Å². The fourth-order valence-corrected chi connectivity index (χ4v) is 1.30. The number of hydrogen-bond donors (Lipinski definition) is 0. The maximum absolute atomic E-state index is 11.0. The lowest BCUT2D eigenvalue weighted by Gasteiger charge is -2.02. The Balaban J connectivity index is 2.54. The third-order valence-corrected chi connectivity index (χ3v) is 2.16. The number of rotatable bonds is 4. The zero-order chi connectivity index (χ0) is 9.68. The van der Waals surface area contributed by atoms with Gasteiger partial charge in [0, 0.05) is 0 Å². The summed E-state index contributed by atoms with van der Waals surface area (Å²) in [5, 5.41) is 0. The Morgan fingerprint density at radius 2 is 1.92 bits per heavy atom. The molecule has 0 saturated carbocycles. The predicted octanol–water partition coefficient (Wildman–Crippen LogP) is 1.99. The minimum atomic E-state index is -1.68. The van der Waals surface area contributed by atoms with E-state index in [2.05, 4.69) is 0 Å². The summed E-state index contributed by atoms with van der Waals surface area (Å²) in [6, 6.07) is 7.29. The Kier molecular flexibility index (Phi) is 3.92. The maximum Gasteiger partial charge on any atom is 0.360 e. The molecule has 1 aromatic rings. The van der Waals surface area contributed by atoms with Gasteiger partial charge >= 0.3 is 11.4 Å². The van der Waals surface area contributed by atoms with Crippen molar-refractivity contribution in [3.63, 3.8) is 0 Å².